The fourth-order valence-corrected chi connectivity index (χ4v) is 2.29. The van der Waals surface area contributed by atoms with E-state index in [1.165, 1.54) is 12.1 Å². The van der Waals surface area contributed by atoms with Crippen molar-refractivity contribution < 1.29 is 8.78 Å². The van der Waals surface area contributed by atoms with Crippen molar-refractivity contribution in [3.8, 4) is 0 Å². The molecule has 0 aromatic heterocycles. The van der Waals surface area contributed by atoms with Gasteiger partial charge in [-0.05, 0) is 55.3 Å². The maximum atomic E-state index is 13.5. The maximum Gasteiger partial charge on any atom is 0.142 e. The largest absolute Gasteiger partial charge is 0.313 e. The molecule has 0 fully saturated rings. The van der Waals surface area contributed by atoms with Crippen molar-refractivity contribution in [1.82, 2.24) is 5.32 Å². The van der Waals surface area contributed by atoms with Crippen LogP contribution < -0.4 is 5.32 Å². The Bertz CT molecular complexity index is 613. The minimum absolute atomic E-state index is 0.00474. The van der Waals surface area contributed by atoms with Crippen LogP contribution in [0.25, 0.3) is 0 Å². The third kappa shape index (κ3) is 3.35. The van der Waals surface area contributed by atoms with Gasteiger partial charge >= 0.3 is 0 Å². The number of aryl methyl sites for hydroxylation is 1. The van der Waals surface area contributed by atoms with Crippen molar-refractivity contribution in [2.75, 3.05) is 7.05 Å². The lowest BCUT2D eigenvalue weighted by Crippen LogP contribution is -2.19. The van der Waals surface area contributed by atoms with Crippen LogP contribution in [0.1, 0.15) is 22.7 Å². The van der Waals surface area contributed by atoms with E-state index in [2.05, 4.69) is 5.32 Å². The molecule has 106 valence electrons. The van der Waals surface area contributed by atoms with Crippen LogP contribution in [0.5, 0.6) is 0 Å². The van der Waals surface area contributed by atoms with Crippen molar-refractivity contribution in [3.05, 3.63) is 69.7 Å². The number of halogens is 3. The van der Waals surface area contributed by atoms with Gasteiger partial charge in [-0.3, -0.25) is 0 Å². The molecular weight excluding hydrogens is 280 g/mol. The van der Waals surface area contributed by atoms with Gasteiger partial charge in [-0.25, -0.2) is 8.78 Å². The van der Waals surface area contributed by atoms with Gasteiger partial charge < -0.3 is 5.32 Å². The second-order valence-corrected chi connectivity index (χ2v) is 5.21. The zero-order valence-electron chi connectivity index (χ0n) is 11.4. The van der Waals surface area contributed by atoms with Crippen LogP contribution in [-0.4, -0.2) is 7.05 Å². The molecule has 0 spiro atoms. The van der Waals surface area contributed by atoms with Crippen LogP contribution >= 0.6 is 11.6 Å². The molecule has 0 saturated carbocycles. The molecule has 2 rings (SSSR count). The van der Waals surface area contributed by atoms with Gasteiger partial charge in [0.05, 0.1) is 5.02 Å². The molecule has 4 heteroatoms. The van der Waals surface area contributed by atoms with Crippen LogP contribution in [0, 0.1) is 18.6 Å². The van der Waals surface area contributed by atoms with Crippen molar-refractivity contribution in [2.24, 2.45) is 0 Å². The summed E-state index contributed by atoms with van der Waals surface area (Å²) in [5, 5.41) is 3.29. The molecule has 1 N–H and O–H groups in total. The number of rotatable bonds is 4. The summed E-state index contributed by atoms with van der Waals surface area (Å²) in [4.78, 5) is 0. The Balaban J connectivity index is 2.23. The van der Waals surface area contributed by atoms with Gasteiger partial charge in [-0.2, -0.15) is 0 Å². The smallest absolute Gasteiger partial charge is 0.142 e. The lowest BCUT2D eigenvalue weighted by atomic mass is 9.97. The molecule has 1 atom stereocenters. The van der Waals surface area contributed by atoms with Gasteiger partial charge in [0, 0.05) is 6.04 Å². The number of hydrogen-bond donors (Lipinski definition) is 1. The minimum atomic E-state index is -0.422. The fraction of sp³-hybridized carbons (Fsp3) is 0.250. The molecule has 0 aliphatic heterocycles. The van der Waals surface area contributed by atoms with Crippen molar-refractivity contribution in [3.63, 3.8) is 0 Å². The van der Waals surface area contributed by atoms with E-state index in [1.54, 1.807) is 25.1 Å². The third-order valence-corrected chi connectivity index (χ3v) is 3.66. The highest BCUT2D eigenvalue weighted by atomic mass is 35.5. The Hall–Kier alpha value is -1.45. The van der Waals surface area contributed by atoms with Gasteiger partial charge in [-0.15, -0.1) is 0 Å². The molecule has 0 saturated heterocycles. The first-order valence-electron chi connectivity index (χ1n) is 6.38. The zero-order chi connectivity index (χ0) is 14.7. The summed E-state index contributed by atoms with van der Waals surface area (Å²) in [6, 6.07) is 9.79. The first-order chi connectivity index (χ1) is 9.51. The molecule has 0 radical (unpaired) electrons. The zero-order valence-corrected chi connectivity index (χ0v) is 12.1. The Labute approximate surface area is 122 Å². The SMILES string of the molecule is CNC(Cc1ccc(Cl)c(F)c1)c1ccc(F)c(C)c1. The molecule has 0 aliphatic rings. The van der Waals surface area contributed by atoms with E-state index in [9.17, 15) is 8.78 Å². The Morgan fingerprint density at radius 1 is 1.10 bits per heavy atom. The first-order valence-corrected chi connectivity index (χ1v) is 6.76. The van der Waals surface area contributed by atoms with Crippen LogP contribution in [-0.2, 0) is 6.42 Å². The van der Waals surface area contributed by atoms with E-state index < -0.39 is 5.82 Å². The highest BCUT2D eigenvalue weighted by Crippen LogP contribution is 2.23. The Kier molecular flexibility index (Phi) is 4.73. The van der Waals surface area contributed by atoms with Crippen molar-refractivity contribution >= 4 is 11.6 Å². The number of hydrogen-bond acceptors (Lipinski definition) is 1. The summed E-state index contributed by atoms with van der Waals surface area (Å²) in [7, 11) is 1.83. The van der Waals surface area contributed by atoms with E-state index >= 15 is 0 Å². The summed E-state index contributed by atoms with van der Waals surface area (Å²) in [5.74, 6) is -0.643. The number of nitrogens with one attached hydrogen (secondary N) is 1. The van der Waals surface area contributed by atoms with Gasteiger partial charge in [0.1, 0.15) is 11.6 Å². The van der Waals surface area contributed by atoms with Crippen LogP contribution in [0.15, 0.2) is 36.4 Å². The van der Waals surface area contributed by atoms with E-state index in [0.29, 0.717) is 12.0 Å². The molecule has 0 aliphatic carbocycles. The first kappa shape index (κ1) is 14.9. The van der Waals surface area contributed by atoms with Gasteiger partial charge in [0.25, 0.3) is 0 Å². The van der Waals surface area contributed by atoms with Crippen LogP contribution in [0.2, 0.25) is 5.02 Å². The normalized spacial score (nSPS) is 12.4. The van der Waals surface area contributed by atoms with E-state index in [1.807, 2.05) is 13.1 Å². The van der Waals surface area contributed by atoms with Gasteiger partial charge in [0.15, 0.2) is 0 Å². The van der Waals surface area contributed by atoms with Gasteiger partial charge in [0.2, 0.25) is 0 Å². The summed E-state index contributed by atoms with van der Waals surface area (Å²) in [6.07, 6.45) is 0.607. The highest BCUT2D eigenvalue weighted by molar-refractivity contribution is 6.30. The van der Waals surface area contributed by atoms with Crippen LogP contribution in [0.3, 0.4) is 0 Å². The molecule has 2 aromatic rings. The molecule has 1 unspecified atom stereocenters. The second kappa shape index (κ2) is 6.33. The summed E-state index contributed by atoms with van der Waals surface area (Å²) in [6.45, 7) is 1.73. The monoisotopic (exact) mass is 295 g/mol. The van der Waals surface area contributed by atoms with Crippen molar-refractivity contribution in [1.29, 1.82) is 0 Å². The van der Waals surface area contributed by atoms with Crippen LogP contribution in [0.4, 0.5) is 8.78 Å². The quantitative estimate of drug-likeness (QED) is 0.880. The lowest BCUT2D eigenvalue weighted by Gasteiger charge is -2.17. The molecule has 0 amide bonds. The topological polar surface area (TPSA) is 12.0 Å². The minimum Gasteiger partial charge on any atom is -0.313 e. The highest BCUT2D eigenvalue weighted by Gasteiger charge is 2.12. The summed E-state index contributed by atoms with van der Waals surface area (Å²) in [5.41, 5.74) is 2.42. The Morgan fingerprint density at radius 2 is 1.85 bits per heavy atom. The number of benzene rings is 2. The van der Waals surface area contributed by atoms with E-state index in [-0.39, 0.29) is 16.9 Å². The molecule has 0 heterocycles. The standard InChI is InChI=1S/C16H16ClF2N/c1-10-7-12(4-6-14(10)18)16(20-2)9-11-3-5-13(17)15(19)8-11/h3-8,16,20H,9H2,1-2H3. The number of likely N-dealkylation sites (N-methyl/N-ethyl adjacent to an activating group) is 1. The van der Waals surface area contributed by atoms with Gasteiger partial charge in [-0.1, -0.05) is 29.8 Å². The predicted molar refractivity (Wildman–Crippen MR) is 78.1 cm³/mol. The summed E-state index contributed by atoms with van der Waals surface area (Å²) >= 11 is 5.67. The van der Waals surface area contributed by atoms with E-state index in [0.717, 1.165) is 11.1 Å². The molecular formula is C16H16ClF2N. The average Bonchev–Trinajstić information content (AvgIpc) is 2.43. The van der Waals surface area contributed by atoms with Crippen molar-refractivity contribution in [2.45, 2.75) is 19.4 Å². The van der Waals surface area contributed by atoms with E-state index in [4.69, 9.17) is 11.6 Å². The molecule has 0 bridgehead atoms. The third-order valence-electron chi connectivity index (χ3n) is 3.36. The molecule has 20 heavy (non-hydrogen) atoms. The summed E-state index contributed by atoms with van der Waals surface area (Å²) < 4.78 is 26.8. The lowest BCUT2D eigenvalue weighted by molar-refractivity contribution is 0.577. The Morgan fingerprint density at radius 3 is 2.45 bits per heavy atom. The molecule has 1 nitrogen and oxygen atoms in total. The average molecular weight is 296 g/mol. The predicted octanol–water partition coefficient (Wildman–Crippen LogP) is 4.43. The fourth-order valence-electron chi connectivity index (χ4n) is 2.17. The second-order valence-electron chi connectivity index (χ2n) is 4.80. The maximum absolute atomic E-state index is 13.5. The molecule has 2 aromatic carbocycles.